The zero-order valence-electron chi connectivity index (χ0n) is 10.2. The number of rotatable bonds is 0. The highest BCUT2D eigenvalue weighted by atomic mass is 16.3. The molecule has 1 fully saturated rings. The van der Waals surface area contributed by atoms with Gasteiger partial charge in [0.25, 0.3) is 0 Å². The predicted octanol–water partition coefficient (Wildman–Crippen LogP) is 1.66. The minimum atomic E-state index is -0.842. The Kier molecular flexibility index (Phi) is 3.59. The van der Waals surface area contributed by atoms with E-state index in [0.29, 0.717) is 12.5 Å². The molecule has 15 heavy (non-hydrogen) atoms. The second-order valence-electron chi connectivity index (χ2n) is 4.85. The van der Waals surface area contributed by atoms with Gasteiger partial charge in [-0.1, -0.05) is 25.3 Å². The second kappa shape index (κ2) is 4.38. The van der Waals surface area contributed by atoms with Crippen LogP contribution in [0.5, 0.6) is 0 Å². The summed E-state index contributed by atoms with van der Waals surface area (Å²) in [6.07, 6.45) is 0.713. The van der Waals surface area contributed by atoms with Gasteiger partial charge < -0.3 is 10.0 Å². The number of piperidine rings is 1. The number of hydrogen-bond donors (Lipinski definition) is 1. The molecule has 3 unspecified atom stereocenters. The number of likely N-dealkylation sites (tertiary alicyclic amines) is 1. The Labute approximate surface area is 93.0 Å². The van der Waals surface area contributed by atoms with E-state index in [1.165, 1.54) is 0 Å². The van der Waals surface area contributed by atoms with Crippen molar-refractivity contribution in [3.63, 3.8) is 0 Å². The maximum Gasteiger partial charge on any atom is 0.131 e. The van der Waals surface area contributed by atoms with Crippen LogP contribution in [0.1, 0.15) is 27.2 Å². The van der Waals surface area contributed by atoms with Crippen molar-refractivity contribution in [2.45, 2.75) is 38.8 Å². The lowest BCUT2D eigenvalue weighted by atomic mass is 9.79. The summed E-state index contributed by atoms with van der Waals surface area (Å²) in [5.74, 6) is 6.07. The average Bonchev–Trinajstić information content (AvgIpc) is 2.12. The molecular formula is C13H21NO. The van der Waals surface area contributed by atoms with Crippen LogP contribution >= 0.6 is 0 Å². The SMILES string of the molecule is C=C(C)C#CC1(O)CC(C)N(C)CC1C. The highest BCUT2D eigenvalue weighted by Crippen LogP contribution is 2.30. The quantitative estimate of drug-likeness (QED) is 0.611. The molecule has 0 amide bonds. The Morgan fingerprint density at radius 3 is 2.67 bits per heavy atom. The first-order chi connectivity index (χ1) is 6.85. The van der Waals surface area contributed by atoms with Crippen molar-refractivity contribution in [3.8, 4) is 11.8 Å². The molecule has 1 aliphatic rings. The maximum absolute atomic E-state index is 10.4. The van der Waals surface area contributed by atoms with Gasteiger partial charge >= 0.3 is 0 Å². The molecule has 0 radical (unpaired) electrons. The zero-order chi connectivity index (χ0) is 11.6. The average molecular weight is 207 g/mol. The van der Waals surface area contributed by atoms with Crippen LogP contribution in [0.4, 0.5) is 0 Å². The van der Waals surface area contributed by atoms with Crippen LogP contribution in [-0.2, 0) is 0 Å². The largest absolute Gasteiger partial charge is 0.377 e. The van der Waals surface area contributed by atoms with Crippen LogP contribution in [0.2, 0.25) is 0 Å². The van der Waals surface area contributed by atoms with E-state index in [2.05, 4.69) is 44.2 Å². The van der Waals surface area contributed by atoms with E-state index >= 15 is 0 Å². The predicted molar refractivity (Wildman–Crippen MR) is 63.4 cm³/mol. The first-order valence-corrected chi connectivity index (χ1v) is 5.46. The van der Waals surface area contributed by atoms with E-state index in [9.17, 15) is 5.11 Å². The fourth-order valence-corrected chi connectivity index (χ4v) is 1.96. The van der Waals surface area contributed by atoms with Crippen molar-refractivity contribution in [1.29, 1.82) is 0 Å². The van der Waals surface area contributed by atoms with Crippen molar-refractivity contribution in [2.24, 2.45) is 5.92 Å². The molecule has 1 heterocycles. The summed E-state index contributed by atoms with van der Waals surface area (Å²) in [5.41, 5.74) is -0.0348. The Morgan fingerprint density at radius 1 is 1.53 bits per heavy atom. The monoisotopic (exact) mass is 207 g/mol. The van der Waals surface area contributed by atoms with Gasteiger partial charge in [-0.15, -0.1) is 0 Å². The molecule has 0 bridgehead atoms. The molecule has 1 aliphatic heterocycles. The molecule has 0 aromatic heterocycles. The molecule has 0 aromatic rings. The van der Waals surface area contributed by atoms with E-state index in [-0.39, 0.29) is 5.92 Å². The lowest BCUT2D eigenvalue weighted by Crippen LogP contribution is -2.52. The van der Waals surface area contributed by atoms with E-state index in [0.717, 1.165) is 12.1 Å². The summed E-state index contributed by atoms with van der Waals surface area (Å²) in [6.45, 7) is 10.7. The van der Waals surface area contributed by atoms with E-state index < -0.39 is 5.60 Å². The molecule has 2 heteroatoms. The van der Waals surface area contributed by atoms with Gasteiger partial charge in [-0.05, 0) is 26.5 Å². The van der Waals surface area contributed by atoms with Crippen molar-refractivity contribution in [3.05, 3.63) is 12.2 Å². The Morgan fingerprint density at radius 2 is 2.13 bits per heavy atom. The molecule has 1 N–H and O–H groups in total. The summed E-state index contributed by atoms with van der Waals surface area (Å²) in [6, 6.07) is 0.380. The Hall–Kier alpha value is -0.780. The number of nitrogens with zero attached hydrogens (tertiary/aromatic N) is 1. The fraction of sp³-hybridized carbons (Fsp3) is 0.692. The number of hydrogen-bond acceptors (Lipinski definition) is 2. The van der Waals surface area contributed by atoms with E-state index in [1.807, 2.05) is 6.92 Å². The van der Waals surface area contributed by atoms with Gasteiger partial charge in [0, 0.05) is 24.9 Å². The number of aliphatic hydroxyl groups is 1. The molecule has 0 spiro atoms. The summed E-state index contributed by atoms with van der Waals surface area (Å²) < 4.78 is 0. The van der Waals surface area contributed by atoms with Gasteiger partial charge in [-0.25, -0.2) is 0 Å². The first-order valence-electron chi connectivity index (χ1n) is 5.46. The third-order valence-electron chi connectivity index (χ3n) is 3.23. The topological polar surface area (TPSA) is 23.5 Å². The normalized spacial score (nSPS) is 36.9. The second-order valence-corrected chi connectivity index (χ2v) is 4.85. The van der Waals surface area contributed by atoms with E-state index in [1.54, 1.807) is 0 Å². The molecule has 0 aliphatic carbocycles. The fourth-order valence-electron chi connectivity index (χ4n) is 1.96. The highest BCUT2D eigenvalue weighted by Gasteiger charge is 2.39. The van der Waals surface area contributed by atoms with E-state index in [4.69, 9.17) is 0 Å². The zero-order valence-corrected chi connectivity index (χ0v) is 10.2. The third kappa shape index (κ3) is 2.84. The third-order valence-corrected chi connectivity index (χ3v) is 3.23. The molecule has 1 rings (SSSR count). The smallest absolute Gasteiger partial charge is 0.131 e. The molecule has 84 valence electrons. The molecule has 2 nitrogen and oxygen atoms in total. The summed E-state index contributed by atoms with van der Waals surface area (Å²) in [7, 11) is 2.09. The lowest BCUT2D eigenvalue weighted by molar-refractivity contribution is -0.0346. The summed E-state index contributed by atoms with van der Waals surface area (Å²) in [5, 5.41) is 10.4. The van der Waals surface area contributed by atoms with Crippen LogP contribution < -0.4 is 0 Å². The van der Waals surface area contributed by atoms with Gasteiger partial charge in [-0.3, -0.25) is 0 Å². The van der Waals surface area contributed by atoms with Gasteiger partial charge in [0.15, 0.2) is 0 Å². The highest BCUT2D eigenvalue weighted by molar-refractivity contribution is 5.29. The molecule has 0 aromatic carbocycles. The lowest BCUT2D eigenvalue weighted by Gasteiger charge is -2.42. The summed E-state index contributed by atoms with van der Waals surface area (Å²) >= 11 is 0. The first kappa shape index (κ1) is 12.3. The molecular weight excluding hydrogens is 186 g/mol. The Bertz CT molecular complexity index is 312. The molecule has 1 saturated heterocycles. The standard InChI is InChI=1S/C13H21NO/c1-10(2)6-7-13(15)8-12(4)14(5)9-11(13)3/h11-12,15H,1,8-9H2,2-5H3. The van der Waals surface area contributed by atoms with Crippen LogP contribution in [0, 0.1) is 17.8 Å². The van der Waals surface area contributed by atoms with Crippen LogP contribution in [-0.4, -0.2) is 35.2 Å². The van der Waals surface area contributed by atoms with Crippen molar-refractivity contribution < 1.29 is 5.11 Å². The van der Waals surface area contributed by atoms with Crippen molar-refractivity contribution >= 4 is 0 Å². The van der Waals surface area contributed by atoms with Gasteiger partial charge in [0.1, 0.15) is 5.60 Å². The molecule has 0 saturated carbocycles. The van der Waals surface area contributed by atoms with Crippen LogP contribution in [0.15, 0.2) is 12.2 Å². The van der Waals surface area contributed by atoms with Crippen LogP contribution in [0.25, 0.3) is 0 Å². The maximum atomic E-state index is 10.4. The minimum Gasteiger partial charge on any atom is -0.377 e. The van der Waals surface area contributed by atoms with Crippen molar-refractivity contribution in [2.75, 3.05) is 13.6 Å². The van der Waals surface area contributed by atoms with Crippen LogP contribution in [0.3, 0.4) is 0 Å². The summed E-state index contributed by atoms with van der Waals surface area (Å²) in [4.78, 5) is 2.27. The van der Waals surface area contributed by atoms with Crippen molar-refractivity contribution in [1.82, 2.24) is 4.90 Å². The molecule has 3 atom stereocenters. The van der Waals surface area contributed by atoms with Gasteiger partial charge in [-0.2, -0.15) is 0 Å². The van der Waals surface area contributed by atoms with Gasteiger partial charge in [0.2, 0.25) is 0 Å². The minimum absolute atomic E-state index is 0.186. The Balaban J connectivity index is 2.85. The van der Waals surface area contributed by atoms with Gasteiger partial charge in [0.05, 0.1) is 0 Å². The number of allylic oxidation sites excluding steroid dienone is 1.